The molecule has 0 spiro atoms. The number of ether oxygens (including phenoxy) is 1. The first kappa shape index (κ1) is 13.8. The second kappa shape index (κ2) is 6.53. The number of hydrogen-bond acceptors (Lipinski definition) is 4. The van der Waals surface area contributed by atoms with Crippen LogP contribution in [0.1, 0.15) is 26.2 Å². The van der Waals surface area contributed by atoms with Gasteiger partial charge >= 0.3 is 0 Å². The van der Waals surface area contributed by atoms with Gasteiger partial charge in [-0.05, 0) is 32.4 Å². The van der Waals surface area contributed by atoms with Crippen molar-refractivity contribution in [3.05, 3.63) is 0 Å². The van der Waals surface area contributed by atoms with Crippen LogP contribution in [0, 0.1) is 5.92 Å². The summed E-state index contributed by atoms with van der Waals surface area (Å²) < 4.78 is 5.58. The Kier molecular flexibility index (Phi) is 4.74. The van der Waals surface area contributed by atoms with Gasteiger partial charge in [-0.1, -0.05) is 6.92 Å². The summed E-state index contributed by atoms with van der Waals surface area (Å²) in [5.74, 6) is 0.724. The summed E-state index contributed by atoms with van der Waals surface area (Å²) >= 11 is 0. The Bertz CT molecular complexity index is 281. The zero-order chi connectivity index (χ0) is 13.1. The van der Waals surface area contributed by atoms with Crippen molar-refractivity contribution in [2.45, 2.75) is 38.3 Å². The van der Waals surface area contributed by atoms with Gasteiger partial charge in [0, 0.05) is 50.8 Å². The van der Waals surface area contributed by atoms with Crippen LogP contribution in [0.2, 0.25) is 0 Å². The molecule has 110 valence electrons. The summed E-state index contributed by atoms with van der Waals surface area (Å²) in [6.07, 6.45) is 4.06. The maximum Gasteiger partial charge on any atom is 0.0510 e. The van der Waals surface area contributed by atoms with Crippen molar-refractivity contribution in [2.75, 3.05) is 52.5 Å². The molecule has 0 aromatic rings. The zero-order valence-corrected chi connectivity index (χ0v) is 12.3. The Balaban J connectivity index is 1.52. The minimum absolute atomic E-state index is 0.625. The molecule has 3 unspecified atom stereocenters. The first-order valence-electron chi connectivity index (χ1n) is 8.14. The van der Waals surface area contributed by atoms with E-state index >= 15 is 0 Å². The summed E-state index contributed by atoms with van der Waals surface area (Å²) in [6, 6.07) is 1.47. The van der Waals surface area contributed by atoms with E-state index in [0.717, 1.165) is 31.7 Å². The van der Waals surface area contributed by atoms with Gasteiger partial charge < -0.3 is 10.1 Å². The van der Waals surface area contributed by atoms with Gasteiger partial charge in [-0.25, -0.2) is 0 Å². The van der Waals surface area contributed by atoms with Crippen LogP contribution in [0.25, 0.3) is 0 Å². The lowest BCUT2D eigenvalue weighted by Gasteiger charge is -2.40. The second-order valence-electron chi connectivity index (χ2n) is 6.38. The van der Waals surface area contributed by atoms with Crippen molar-refractivity contribution in [3.8, 4) is 0 Å². The highest BCUT2D eigenvalue weighted by atomic mass is 16.5. The molecule has 0 aromatic carbocycles. The van der Waals surface area contributed by atoms with Gasteiger partial charge in [-0.2, -0.15) is 0 Å². The molecule has 0 saturated carbocycles. The smallest absolute Gasteiger partial charge is 0.0510 e. The number of rotatable bonds is 5. The van der Waals surface area contributed by atoms with Crippen LogP contribution in [-0.4, -0.2) is 74.4 Å². The lowest BCUT2D eigenvalue weighted by molar-refractivity contribution is 0.0867. The van der Waals surface area contributed by atoms with Crippen LogP contribution in [0.4, 0.5) is 0 Å². The topological polar surface area (TPSA) is 27.7 Å². The van der Waals surface area contributed by atoms with E-state index in [1.54, 1.807) is 0 Å². The van der Waals surface area contributed by atoms with Crippen LogP contribution in [0.3, 0.4) is 0 Å². The van der Waals surface area contributed by atoms with Gasteiger partial charge in [0.1, 0.15) is 0 Å². The largest absolute Gasteiger partial charge is 0.381 e. The average molecular weight is 267 g/mol. The molecular formula is C15H29N3O. The minimum Gasteiger partial charge on any atom is -0.381 e. The van der Waals surface area contributed by atoms with Crippen LogP contribution in [-0.2, 0) is 4.74 Å². The van der Waals surface area contributed by atoms with Crippen molar-refractivity contribution in [2.24, 2.45) is 5.92 Å². The van der Waals surface area contributed by atoms with Crippen LogP contribution in [0.15, 0.2) is 0 Å². The monoisotopic (exact) mass is 267 g/mol. The molecule has 3 fully saturated rings. The van der Waals surface area contributed by atoms with Crippen molar-refractivity contribution >= 4 is 0 Å². The van der Waals surface area contributed by atoms with Crippen LogP contribution in [0.5, 0.6) is 0 Å². The highest BCUT2D eigenvalue weighted by molar-refractivity contribution is 4.90. The SMILES string of the molecule is CCNC(CN1CCN2CCCC2C1)C1CCOC1. The minimum atomic E-state index is 0.625. The van der Waals surface area contributed by atoms with Gasteiger partial charge in [-0.3, -0.25) is 9.80 Å². The van der Waals surface area contributed by atoms with Crippen molar-refractivity contribution in [3.63, 3.8) is 0 Å². The lowest BCUT2D eigenvalue weighted by Crippen LogP contribution is -2.54. The van der Waals surface area contributed by atoms with E-state index in [9.17, 15) is 0 Å². The van der Waals surface area contributed by atoms with E-state index in [0.29, 0.717) is 6.04 Å². The number of fused-ring (bicyclic) bond motifs is 1. The predicted molar refractivity (Wildman–Crippen MR) is 77.4 cm³/mol. The number of likely N-dealkylation sites (N-methyl/N-ethyl adjacent to an activating group) is 1. The molecule has 19 heavy (non-hydrogen) atoms. The number of nitrogens with one attached hydrogen (secondary N) is 1. The first-order chi connectivity index (χ1) is 9.36. The fourth-order valence-electron chi connectivity index (χ4n) is 4.01. The summed E-state index contributed by atoms with van der Waals surface area (Å²) in [7, 11) is 0. The molecule has 3 rings (SSSR count). The quantitative estimate of drug-likeness (QED) is 0.797. The van der Waals surface area contributed by atoms with E-state index in [-0.39, 0.29) is 0 Å². The molecule has 4 nitrogen and oxygen atoms in total. The number of hydrogen-bond donors (Lipinski definition) is 1. The third-order valence-electron chi connectivity index (χ3n) is 5.13. The Morgan fingerprint density at radius 3 is 3.00 bits per heavy atom. The van der Waals surface area contributed by atoms with Gasteiger partial charge in [0.25, 0.3) is 0 Å². The summed E-state index contributed by atoms with van der Waals surface area (Å²) in [6.45, 7) is 11.6. The molecule has 0 aromatic heterocycles. The fourth-order valence-corrected chi connectivity index (χ4v) is 4.01. The summed E-state index contributed by atoms with van der Waals surface area (Å²) in [5.41, 5.74) is 0. The molecule has 3 aliphatic heterocycles. The van der Waals surface area contributed by atoms with Crippen molar-refractivity contribution < 1.29 is 4.74 Å². The molecule has 1 N–H and O–H groups in total. The molecule has 0 bridgehead atoms. The van der Waals surface area contributed by atoms with Gasteiger partial charge in [0.05, 0.1) is 6.61 Å². The van der Waals surface area contributed by atoms with Gasteiger partial charge in [0.15, 0.2) is 0 Å². The molecule has 3 heterocycles. The molecule has 3 atom stereocenters. The van der Waals surface area contributed by atoms with Crippen LogP contribution < -0.4 is 5.32 Å². The standard InChI is InChI=1S/C15H29N3O/c1-2-16-15(13-5-9-19-12-13)11-17-7-8-18-6-3-4-14(18)10-17/h13-16H,2-12H2,1H3. The molecule has 0 amide bonds. The Morgan fingerprint density at radius 2 is 2.21 bits per heavy atom. The van der Waals surface area contributed by atoms with E-state index < -0.39 is 0 Å². The predicted octanol–water partition coefficient (Wildman–Crippen LogP) is 0.781. The van der Waals surface area contributed by atoms with Crippen molar-refractivity contribution in [1.82, 2.24) is 15.1 Å². The fraction of sp³-hybridized carbons (Fsp3) is 1.00. The Morgan fingerprint density at radius 1 is 1.26 bits per heavy atom. The van der Waals surface area contributed by atoms with E-state index in [4.69, 9.17) is 4.74 Å². The molecule has 3 saturated heterocycles. The second-order valence-corrected chi connectivity index (χ2v) is 6.38. The number of piperazine rings is 1. The zero-order valence-electron chi connectivity index (χ0n) is 12.3. The summed E-state index contributed by atoms with van der Waals surface area (Å²) in [4.78, 5) is 5.38. The van der Waals surface area contributed by atoms with E-state index in [1.807, 2.05) is 0 Å². The molecular weight excluding hydrogens is 238 g/mol. The lowest BCUT2D eigenvalue weighted by atomic mass is 9.97. The molecule has 3 aliphatic rings. The number of nitrogens with zero attached hydrogens (tertiary/aromatic N) is 2. The highest BCUT2D eigenvalue weighted by Gasteiger charge is 2.33. The van der Waals surface area contributed by atoms with E-state index in [1.165, 1.54) is 52.0 Å². The normalized spacial score (nSPS) is 34.6. The van der Waals surface area contributed by atoms with Crippen LogP contribution >= 0.6 is 0 Å². The summed E-state index contributed by atoms with van der Waals surface area (Å²) in [5, 5.41) is 3.70. The Labute approximate surface area is 117 Å². The molecule has 4 heteroatoms. The molecule has 0 radical (unpaired) electrons. The maximum atomic E-state index is 5.58. The van der Waals surface area contributed by atoms with Crippen molar-refractivity contribution in [1.29, 1.82) is 0 Å². The van der Waals surface area contributed by atoms with Gasteiger partial charge in [0.2, 0.25) is 0 Å². The Hall–Kier alpha value is -0.160. The third kappa shape index (κ3) is 3.30. The maximum absolute atomic E-state index is 5.58. The van der Waals surface area contributed by atoms with Gasteiger partial charge in [-0.15, -0.1) is 0 Å². The van der Waals surface area contributed by atoms with E-state index in [2.05, 4.69) is 22.0 Å². The third-order valence-corrected chi connectivity index (χ3v) is 5.13. The first-order valence-corrected chi connectivity index (χ1v) is 8.14. The average Bonchev–Trinajstić information content (AvgIpc) is 3.09. The highest BCUT2D eigenvalue weighted by Crippen LogP contribution is 2.23. The molecule has 0 aliphatic carbocycles.